The van der Waals surface area contributed by atoms with Crippen LogP contribution in [0.1, 0.15) is 48.8 Å². The first-order valence-electron chi connectivity index (χ1n) is 10.7. The van der Waals surface area contributed by atoms with Crippen molar-refractivity contribution in [3.63, 3.8) is 0 Å². The van der Waals surface area contributed by atoms with E-state index in [1.165, 1.54) is 25.9 Å². The highest BCUT2D eigenvalue weighted by atomic mass is 16.5. The fraction of sp³-hybridized carbons (Fsp3) is 0.400. The fourth-order valence-corrected chi connectivity index (χ4v) is 3.65. The van der Waals surface area contributed by atoms with Gasteiger partial charge in [-0.25, -0.2) is 0 Å². The molecule has 0 bridgehead atoms. The first kappa shape index (κ1) is 22.7. The molecule has 6 heteroatoms. The topological polar surface area (TPSA) is 68.5 Å². The highest BCUT2D eigenvalue weighted by molar-refractivity contribution is 5.66. The normalized spacial score (nSPS) is 16.8. The van der Waals surface area contributed by atoms with Crippen molar-refractivity contribution in [2.75, 3.05) is 26.7 Å². The molecule has 2 aromatic carbocycles. The minimum absolute atomic E-state index is 0.0130. The summed E-state index contributed by atoms with van der Waals surface area (Å²) in [7, 11) is 2.19. The predicted octanol–water partition coefficient (Wildman–Crippen LogP) is 4.62. The molecule has 6 nitrogen and oxygen atoms in total. The molecule has 2 heterocycles. The van der Waals surface area contributed by atoms with E-state index in [0.717, 1.165) is 17.9 Å². The van der Waals surface area contributed by atoms with Gasteiger partial charge < -0.3 is 14.1 Å². The van der Waals surface area contributed by atoms with Crippen LogP contribution in [0.3, 0.4) is 0 Å². The van der Waals surface area contributed by atoms with Crippen molar-refractivity contribution in [1.29, 1.82) is 0 Å². The van der Waals surface area contributed by atoms with Crippen LogP contribution in [-0.2, 0) is 5.41 Å². The largest absolute Gasteiger partial charge is 0.493 e. The van der Waals surface area contributed by atoms with Crippen LogP contribution in [-0.4, -0.2) is 48.1 Å². The van der Waals surface area contributed by atoms with Gasteiger partial charge >= 0.3 is 0 Å². The molecule has 4 rings (SSSR count). The van der Waals surface area contributed by atoms with Gasteiger partial charge in [-0.15, -0.1) is 10.2 Å². The smallest absolute Gasteiger partial charge is 0.280 e. The number of piperidine rings is 1. The zero-order valence-corrected chi connectivity index (χ0v) is 18.5. The summed E-state index contributed by atoms with van der Waals surface area (Å²) in [5.74, 6) is 2.15. The van der Waals surface area contributed by atoms with Crippen LogP contribution in [0.4, 0.5) is 0 Å². The second-order valence-corrected chi connectivity index (χ2v) is 8.45. The Morgan fingerprint density at radius 3 is 2.39 bits per heavy atom. The van der Waals surface area contributed by atoms with Gasteiger partial charge in [0.2, 0.25) is 12.2 Å². The van der Waals surface area contributed by atoms with Crippen molar-refractivity contribution in [2.24, 2.45) is 5.92 Å². The molecule has 0 amide bonds. The summed E-state index contributed by atoms with van der Waals surface area (Å²) in [6.45, 7) is 7.22. The number of carbonyl (C=O) groups excluding carboxylic acids is 1. The maximum absolute atomic E-state index is 10.5. The summed E-state index contributed by atoms with van der Waals surface area (Å²) in [6, 6.07) is 19.9. The third kappa shape index (κ3) is 6.49. The number of hydrogen-bond acceptors (Lipinski definition) is 6. The summed E-state index contributed by atoms with van der Waals surface area (Å²) >= 11 is 0. The van der Waals surface area contributed by atoms with Crippen molar-refractivity contribution in [2.45, 2.75) is 32.1 Å². The number of para-hydroxylation sites is 1. The molecule has 0 aliphatic carbocycles. The Hall–Kier alpha value is -2.99. The maximum Gasteiger partial charge on any atom is 0.280 e. The number of hydrogen-bond donors (Lipinski definition) is 0. The monoisotopic (exact) mass is 421 g/mol. The second kappa shape index (κ2) is 10.9. The maximum atomic E-state index is 10.5. The van der Waals surface area contributed by atoms with Gasteiger partial charge in [0.05, 0.1) is 12.0 Å². The Bertz CT molecular complexity index is 925. The van der Waals surface area contributed by atoms with E-state index in [1.807, 2.05) is 74.5 Å². The summed E-state index contributed by atoms with van der Waals surface area (Å²) < 4.78 is 11.0. The molecule has 0 saturated carbocycles. The average Bonchev–Trinajstić information content (AvgIpc) is 3.30. The van der Waals surface area contributed by atoms with Crippen molar-refractivity contribution < 1.29 is 13.9 Å². The number of ether oxygens (including phenoxy) is 1. The van der Waals surface area contributed by atoms with E-state index < -0.39 is 5.41 Å². The molecule has 1 aliphatic heterocycles. The molecule has 164 valence electrons. The van der Waals surface area contributed by atoms with E-state index in [2.05, 4.69) is 22.1 Å². The molecule has 1 fully saturated rings. The van der Waals surface area contributed by atoms with Gasteiger partial charge in [0.1, 0.15) is 5.75 Å². The van der Waals surface area contributed by atoms with Gasteiger partial charge in [-0.3, -0.25) is 4.79 Å². The quantitative estimate of drug-likeness (QED) is 0.541. The predicted molar refractivity (Wildman–Crippen MR) is 120 cm³/mol. The molecule has 0 spiro atoms. The van der Waals surface area contributed by atoms with E-state index in [4.69, 9.17) is 9.15 Å². The SMILES string of the molecule is CC(C)(c1ccccc1)c1nnc(C=O)o1.CN1CCCC(COc2ccccc2)C1. The number of likely N-dealkylation sites (tertiary alicyclic amines) is 1. The van der Waals surface area contributed by atoms with Crippen molar-refractivity contribution in [1.82, 2.24) is 15.1 Å². The zero-order valence-electron chi connectivity index (χ0n) is 18.5. The lowest BCUT2D eigenvalue weighted by molar-refractivity contribution is 0.109. The minimum atomic E-state index is -0.393. The molecule has 3 aromatic rings. The minimum Gasteiger partial charge on any atom is -0.493 e. The first-order chi connectivity index (χ1) is 15.0. The number of carbonyl (C=O) groups is 1. The molecule has 0 N–H and O–H groups in total. The molecular formula is C25H31N3O3. The fourth-order valence-electron chi connectivity index (χ4n) is 3.65. The first-order valence-corrected chi connectivity index (χ1v) is 10.7. The van der Waals surface area contributed by atoms with Crippen LogP contribution in [0.5, 0.6) is 5.75 Å². The molecule has 1 aliphatic rings. The van der Waals surface area contributed by atoms with Crippen LogP contribution < -0.4 is 4.74 Å². The van der Waals surface area contributed by atoms with E-state index in [1.54, 1.807) is 0 Å². The third-order valence-electron chi connectivity index (χ3n) is 5.52. The Balaban J connectivity index is 0.000000176. The van der Waals surface area contributed by atoms with E-state index >= 15 is 0 Å². The number of aldehydes is 1. The van der Waals surface area contributed by atoms with E-state index in [9.17, 15) is 4.79 Å². The van der Waals surface area contributed by atoms with Crippen molar-refractivity contribution in [3.05, 3.63) is 78.0 Å². The zero-order chi connectivity index (χ0) is 22.1. The van der Waals surface area contributed by atoms with Crippen LogP contribution in [0, 0.1) is 5.92 Å². The van der Waals surface area contributed by atoms with Gasteiger partial charge in [-0.05, 0) is 58.0 Å². The Kier molecular flexibility index (Phi) is 7.95. The molecule has 1 unspecified atom stereocenters. The number of rotatable bonds is 6. The summed E-state index contributed by atoms with van der Waals surface area (Å²) in [5.41, 5.74) is 0.672. The Labute approximate surface area is 184 Å². The summed E-state index contributed by atoms with van der Waals surface area (Å²) in [6.07, 6.45) is 3.16. The lowest BCUT2D eigenvalue weighted by Crippen LogP contribution is -2.34. The lowest BCUT2D eigenvalue weighted by Gasteiger charge is -2.29. The van der Waals surface area contributed by atoms with Gasteiger partial charge in [0.25, 0.3) is 5.89 Å². The molecule has 1 atom stereocenters. The summed E-state index contributed by atoms with van der Waals surface area (Å²) in [4.78, 5) is 12.9. The number of aromatic nitrogens is 2. The van der Waals surface area contributed by atoms with Crippen molar-refractivity contribution in [3.8, 4) is 5.75 Å². The highest BCUT2D eigenvalue weighted by Crippen LogP contribution is 2.29. The standard InChI is InChI=1S/C13H19NO.C12H12N2O2/c1-14-9-5-6-12(10-14)11-15-13-7-3-2-4-8-13;1-12(2,9-6-4-3-5-7-9)11-14-13-10(8-15)16-11/h2-4,7-8,12H,5-6,9-11H2,1H3;3-8H,1-2H3. The van der Waals surface area contributed by atoms with Gasteiger partial charge in [-0.1, -0.05) is 48.5 Å². The Morgan fingerprint density at radius 1 is 1.10 bits per heavy atom. The molecule has 0 radical (unpaired) electrons. The van der Waals surface area contributed by atoms with Crippen LogP contribution in [0.25, 0.3) is 0 Å². The van der Waals surface area contributed by atoms with E-state index in [-0.39, 0.29) is 5.89 Å². The average molecular weight is 422 g/mol. The molecule has 1 saturated heterocycles. The highest BCUT2D eigenvalue weighted by Gasteiger charge is 2.29. The molecule has 31 heavy (non-hydrogen) atoms. The summed E-state index contributed by atoms with van der Waals surface area (Å²) in [5, 5.41) is 7.53. The molecular weight excluding hydrogens is 390 g/mol. The second-order valence-electron chi connectivity index (χ2n) is 8.45. The van der Waals surface area contributed by atoms with Gasteiger partial charge in [0.15, 0.2) is 0 Å². The van der Waals surface area contributed by atoms with Gasteiger partial charge in [-0.2, -0.15) is 0 Å². The molecule has 1 aromatic heterocycles. The van der Waals surface area contributed by atoms with Crippen LogP contribution in [0.15, 0.2) is 65.1 Å². The van der Waals surface area contributed by atoms with Crippen LogP contribution in [0.2, 0.25) is 0 Å². The van der Waals surface area contributed by atoms with E-state index in [0.29, 0.717) is 18.1 Å². The van der Waals surface area contributed by atoms with Gasteiger partial charge in [0, 0.05) is 12.5 Å². The van der Waals surface area contributed by atoms with Crippen molar-refractivity contribution >= 4 is 6.29 Å². The number of nitrogens with zero attached hydrogens (tertiary/aromatic N) is 3. The third-order valence-corrected chi connectivity index (χ3v) is 5.52. The Morgan fingerprint density at radius 2 is 1.77 bits per heavy atom. The number of benzene rings is 2. The lowest BCUT2D eigenvalue weighted by atomic mass is 9.85. The van der Waals surface area contributed by atoms with Crippen LogP contribution >= 0.6 is 0 Å².